The number of carbonyl (C=O) groups is 3. The topological polar surface area (TPSA) is 116 Å². The normalized spacial score (nSPS) is 11.7. The van der Waals surface area contributed by atoms with E-state index in [2.05, 4.69) is 29.5 Å². The molecule has 0 aliphatic rings. The third kappa shape index (κ3) is 6.45. The number of aromatic nitrogens is 3. The number of esters is 1. The van der Waals surface area contributed by atoms with Crippen LogP contribution in [0.15, 0.2) is 72.8 Å². The summed E-state index contributed by atoms with van der Waals surface area (Å²) in [6, 6.07) is 19.7. The minimum atomic E-state index is -1.03. The summed E-state index contributed by atoms with van der Waals surface area (Å²) >= 11 is 0. The molecular formula is C30H33N5O5. The number of amides is 2. The number of nitrogens with one attached hydrogen (secondary N) is 1. The summed E-state index contributed by atoms with van der Waals surface area (Å²) in [6.07, 6.45) is 0.781. The van der Waals surface area contributed by atoms with E-state index in [-0.39, 0.29) is 12.5 Å². The molecule has 10 nitrogen and oxygen atoms in total. The van der Waals surface area contributed by atoms with Crippen molar-refractivity contribution in [3.05, 3.63) is 83.9 Å². The zero-order chi connectivity index (χ0) is 28.6. The van der Waals surface area contributed by atoms with Gasteiger partial charge in [-0.25, -0.2) is 9.48 Å². The molecule has 3 aromatic carbocycles. The summed E-state index contributed by atoms with van der Waals surface area (Å²) in [4.78, 5) is 41.4. The maximum Gasteiger partial charge on any atom is 0.337 e. The Hall–Kier alpha value is -4.73. The summed E-state index contributed by atoms with van der Waals surface area (Å²) in [5, 5.41) is 11.3. The monoisotopic (exact) mass is 543 g/mol. The first kappa shape index (κ1) is 28.3. The van der Waals surface area contributed by atoms with E-state index in [1.807, 2.05) is 24.3 Å². The van der Waals surface area contributed by atoms with Gasteiger partial charge in [0, 0.05) is 12.2 Å². The van der Waals surface area contributed by atoms with Crippen LogP contribution in [0.5, 0.6) is 5.75 Å². The maximum absolute atomic E-state index is 14.1. The number of anilines is 1. The fourth-order valence-corrected chi connectivity index (χ4v) is 4.36. The van der Waals surface area contributed by atoms with Gasteiger partial charge in [-0.05, 0) is 66.4 Å². The Morgan fingerprint density at radius 1 is 0.975 bits per heavy atom. The van der Waals surface area contributed by atoms with Crippen molar-refractivity contribution in [1.82, 2.24) is 20.3 Å². The molecule has 10 heteroatoms. The molecule has 0 radical (unpaired) electrons. The summed E-state index contributed by atoms with van der Waals surface area (Å²) in [6.45, 7) is 4.44. The number of rotatable bonds is 11. The third-order valence-corrected chi connectivity index (χ3v) is 6.48. The first-order chi connectivity index (χ1) is 19.3. The number of carbonyl (C=O) groups excluding carboxylic acids is 3. The molecule has 208 valence electrons. The third-order valence-electron chi connectivity index (χ3n) is 6.48. The van der Waals surface area contributed by atoms with Gasteiger partial charge in [-0.1, -0.05) is 43.3 Å². The van der Waals surface area contributed by atoms with Gasteiger partial charge in [0.15, 0.2) is 0 Å². The number of methoxy groups -OCH3 is 2. The lowest BCUT2D eigenvalue weighted by Gasteiger charge is -2.32. The van der Waals surface area contributed by atoms with Gasteiger partial charge >= 0.3 is 5.97 Å². The number of para-hydroxylation sites is 1. The number of benzene rings is 3. The predicted octanol–water partition coefficient (Wildman–Crippen LogP) is 4.16. The van der Waals surface area contributed by atoms with Gasteiger partial charge in [0.05, 0.1) is 25.3 Å². The zero-order valence-electron chi connectivity index (χ0n) is 23.0. The summed E-state index contributed by atoms with van der Waals surface area (Å²) in [5.74, 6) is -0.307. The van der Waals surface area contributed by atoms with E-state index in [1.54, 1.807) is 55.6 Å². The van der Waals surface area contributed by atoms with Crippen molar-refractivity contribution in [2.24, 2.45) is 5.92 Å². The van der Waals surface area contributed by atoms with Crippen molar-refractivity contribution in [1.29, 1.82) is 0 Å². The number of hydrogen-bond acceptors (Lipinski definition) is 7. The molecule has 40 heavy (non-hydrogen) atoms. The molecule has 0 aliphatic heterocycles. The van der Waals surface area contributed by atoms with Crippen LogP contribution < -0.4 is 15.0 Å². The highest BCUT2D eigenvalue weighted by Crippen LogP contribution is 2.31. The molecule has 1 unspecified atom stereocenters. The van der Waals surface area contributed by atoms with E-state index in [4.69, 9.17) is 9.47 Å². The molecule has 1 atom stereocenters. The summed E-state index contributed by atoms with van der Waals surface area (Å²) in [5.41, 5.74) is 2.65. The Morgan fingerprint density at radius 2 is 1.73 bits per heavy atom. The minimum absolute atomic E-state index is 0.168. The van der Waals surface area contributed by atoms with Crippen LogP contribution in [-0.2, 0) is 20.9 Å². The van der Waals surface area contributed by atoms with E-state index in [0.29, 0.717) is 46.1 Å². The molecule has 2 amide bonds. The van der Waals surface area contributed by atoms with Crippen LogP contribution in [0.4, 0.5) is 5.69 Å². The van der Waals surface area contributed by atoms with Crippen molar-refractivity contribution in [3.8, 4) is 5.75 Å². The van der Waals surface area contributed by atoms with E-state index in [0.717, 1.165) is 6.42 Å². The van der Waals surface area contributed by atoms with Crippen LogP contribution in [0.3, 0.4) is 0 Å². The van der Waals surface area contributed by atoms with Crippen LogP contribution in [0.1, 0.15) is 42.2 Å². The molecule has 0 fully saturated rings. The average molecular weight is 544 g/mol. The van der Waals surface area contributed by atoms with Gasteiger partial charge in [-0.3, -0.25) is 14.5 Å². The zero-order valence-corrected chi connectivity index (χ0v) is 23.0. The molecule has 4 rings (SSSR count). The smallest absolute Gasteiger partial charge is 0.337 e. The van der Waals surface area contributed by atoms with Crippen LogP contribution >= 0.6 is 0 Å². The first-order valence-corrected chi connectivity index (χ1v) is 13.0. The molecule has 0 saturated carbocycles. The number of ether oxygens (including phenoxy) is 2. The number of hydrogen-bond donors (Lipinski definition) is 1. The molecule has 1 heterocycles. The second-order valence-electron chi connectivity index (χ2n) is 9.69. The van der Waals surface area contributed by atoms with Crippen molar-refractivity contribution in [2.45, 2.75) is 32.9 Å². The van der Waals surface area contributed by atoms with Crippen LogP contribution in [-0.4, -0.2) is 53.5 Å². The first-order valence-electron chi connectivity index (χ1n) is 13.0. The highest BCUT2D eigenvalue weighted by molar-refractivity contribution is 6.02. The fraction of sp³-hybridized carbons (Fsp3) is 0.300. The molecule has 0 bridgehead atoms. The second-order valence-corrected chi connectivity index (χ2v) is 9.69. The molecule has 4 aromatic rings. The molecule has 1 N–H and O–H groups in total. The Balaban J connectivity index is 1.80. The highest BCUT2D eigenvalue weighted by atomic mass is 16.5. The molecule has 0 aliphatic carbocycles. The lowest BCUT2D eigenvalue weighted by molar-refractivity contribution is -0.127. The lowest BCUT2D eigenvalue weighted by Crippen LogP contribution is -2.45. The van der Waals surface area contributed by atoms with Crippen molar-refractivity contribution in [2.75, 3.05) is 25.7 Å². The van der Waals surface area contributed by atoms with E-state index in [1.165, 1.54) is 16.7 Å². The lowest BCUT2D eigenvalue weighted by atomic mass is 10.0. The highest BCUT2D eigenvalue weighted by Gasteiger charge is 2.33. The Labute approximate surface area is 232 Å². The Morgan fingerprint density at radius 3 is 2.42 bits per heavy atom. The summed E-state index contributed by atoms with van der Waals surface area (Å²) in [7, 11) is 2.84. The van der Waals surface area contributed by atoms with Crippen molar-refractivity contribution >= 4 is 34.5 Å². The maximum atomic E-state index is 14.1. The van der Waals surface area contributed by atoms with Gasteiger partial charge in [0.1, 0.15) is 23.9 Å². The molecule has 0 saturated heterocycles. The van der Waals surface area contributed by atoms with Crippen LogP contribution in [0, 0.1) is 5.92 Å². The van der Waals surface area contributed by atoms with Gasteiger partial charge in [0.25, 0.3) is 0 Å². The average Bonchev–Trinajstić information content (AvgIpc) is 3.37. The van der Waals surface area contributed by atoms with Crippen LogP contribution in [0.2, 0.25) is 0 Å². The van der Waals surface area contributed by atoms with Crippen molar-refractivity contribution < 1.29 is 23.9 Å². The van der Waals surface area contributed by atoms with Gasteiger partial charge in [-0.15, -0.1) is 5.10 Å². The quantitative estimate of drug-likeness (QED) is 0.282. The van der Waals surface area contributed by atoms with Gasteiger partial charge < -0.3 is 14.8 Å². The largest absolute Gasteiger partial charge is 0.497 e. The van der Waals surface area contributed by atoms with Gasteiger partial charge in [0.2, 0.25) is 11.8 Å². The second kappa shape index (κ2) is 12.9. The molecule has 0 spiro atoms. The Bertz CT molecular complexity index is 1480. The van der Waals surface area contributed by atoms with Gasteiger partial charge in [-0.2, -0.15) is 0 Å². The summed E-state index contributed by atoms with van der Waals surface area (Å²) < 4.78 is 11.8. The van der Waals surface area contributed by atoms with Crippen molar-refractivity contribution in [3.63, 3.8) is 0 Å². The van der Waals surface area contributed by atoms with E-state index in [9.17, 15) is 14.4 Å². The predicted molar refractivity (Wildman–Crippen MR) is 151 cm³/mol. The molecule has 1 aromatic heterocycles. The standard InChI is InChI=1S/C30H33N5O5/c1-20(2)16-17-31-29(37)28(22-8-7-9-24(18-22)39-3)35(23-14-12-21(13-15-23)30(38)40-4)27(36)19-34-26-11-6-5-10-25(26)32-33-34/h5-15,18,20,28H,16-17,19H2,1-4H3,(H,31,37). The molecular weight excluding hydrogens is 510 g/mol. The SMILES string of the molecule is COC(=O)c1ccc(N(C(=O)Cn2nnc3ccccc32)C(C(=O)NCCC(C)C)c2cccc(OC)c2)cc1. The minimum Gasteiger partial charge on any atom is -0.497 e. The van der Waals surface area contributed by atoms with E-state index < -0.39 is 17.9 Å². The van der Waals surface area contributed by atoms with E-state index >= 15 is 0 Å². The fourth-order valence-electron chi connectivity index (χ4n) is 4.36. The number of nitrogens with zero attached hydrogens (tertiary/aromatic N) is 4. The van der Waals surface area contributed by atoms with Crippen LogP contribution in [0.25, 0.3) is 11.0 Å². The number of fused-ring (bicyclic) bond motifs is 1. The Kier molecular flexibility index (Phi) is 9.11.